The molecule has 0 unspecified atom stereocenters. The van der Waals surface area contributed by atoms with Gasteiger partial charge in [-0.1, -0.05) is 11.6 Å². The van der Waals surface area contributed by atoms with Crippen LogP contribution in [0.4, 0.5) is 11.8 Å². The Morgan fingerprint density at radius 1 is 1.08 bits per heavy atom. The van der Waals surface area contributed by atoms with Crippen LogP contribution in [0.15, 0.2) is 41.1 Å². The molecule has 2 aliphatic rings. The molecule has 202 valence electrons. The van der Waals surface area contributed by atoms with E-state index in [1.807, 2.05) is 30.9 Å². The number of amides is 1. The largest absolute Gasteiger partial charge is 0.422 e. The van der Waals surface area contributed by atoms with Crippen molar-refractivity contribution in [2.75, 3.05) is 42.9 Å². The number of likely N-dealkylation sites (tertiary alicyclic amines) is 1. The van der Waals surface area contributed by atoms with E-state index in [9.17, 15) is 4.79 Å². The van der Waals surface area contributed by atoms with Gasteiger partial charge in [0.2, 0.25) is 0 Å². The van der Waals surface area contributed by atoms with Crippen LogP contribution in [0, 0.1) is 6.92 Å². The molecule has 2 saturated heterocycles. The van der Waals surface area contributed by atoms with Gasteiger partial charge in [-0.2, -0.15) is 0 Å². The predicted octanol–water partition coefficient (Wildman–Crippen LogP) is 4.73. The van der Waals surface area contributed by atoms with Gasteiger partial charge < -0.3 is 19.5 Å². The third-order valence-corrected chi connectivity index (χ3v) is 7.88. The minimum absolute atomic E-state index is 0.0898. The minimum Gasteiger partial charge on any atom is -0.422 e. The number of aromatic nitrogens is 3. The number of benzene rings is 1. The van der Waals surface area contributed by atoms with Crippen molar-refractivity contribution in [3.8, 4) is 11.5 Å². The molecule has 9 nitrogen and oxygen atoms in total. The zero-order valence-electron chi connectivity index (χ0n) is 22.5. The fourth-order valence-corrected chi connectivity index (χ4v) is 5.76. The van der Waals surface area contributed by atoms with Crippen LogP contribution in [0.25, 0.3) is 11.5 Å². The summed E-state index contributed by atoms with van der Waals surface area (Å²) < 4.78 is 5.75. The maximum absolute atomic E-state index is 12.9. The number of halogens is 1. The highest BCUT2D eigenvalue weighted by atomic mass is 35.5. The summed E-state index contributed by atoms with van der Waals surface area (Å²) in [6.07, 6.45) is 5.42. The van der Waals surface area contributed by atoms with Gasteiger partial charge in [0.15, 0.2) is 5.76 Å². The number of oxazole rings is 1. The van der Waals surface area contributed by atoms with Crippen molar-refractivity contribution in [1.29, 1.82) is 0 Å². The average Bonchev–Trinajstić information content (AvgIpc) is 3.39. The molecule has 10 heteroatoms. The number of carbonyl (C=O) groups is 1. The Morgan fingerprint density at radius 3 is 2.50 bits per heavy atom. The Hall–Kier alpha value is -3.17. The molecule has 2 fully saturated rings. The van der Waals surface area contributed by atoms with Crippen molar-refractivity contribution in [2.24, 2.45) is 0 Å². The summed E-state index contributed by atoms with van der Waals surface area (Å²) in [7, 11) is 0. The van der Waals surface area contributed by atoms with E-state index in [1.165, 1.54) is 0 Å². The zero-order chi connectivity index (χ0) is 26.8. The van der Waals surface area contributed by atoms with Crippen molar-refractivity contribution in [3.63, 3.8) is 0 Å². The molecule has 0 radical (unpaired) electrons. The highest BCUT2D eigenvalue weighted by molar-refractivity contribution is 6.30. The number of nitrogens with zero attached hydrogens (tertiary/aromatic N) is 6. The number of hydrogen-bond acceptors (Lipinski definition) is 8. The number of anilines is 2. The van der Waals surface area contributed by atoms with E-state index in [4.69, 9.17) is 26.0 Å². The lowest BCUT2D eigenvalue weighted by molar-refractivity contribution is 0.0479. The van der Waals surface area contributed by atoms with Crippen LogP contribution >= 0.6 is 11.6 Å². The van der Waals surface area contributed by atoms with Gasteiger partial charge in [0.25, 0.3) is 11.9 Å². The summed E-state index contributed by atoms with van der Waals surface area (Å²) in [6.45, 7) is 12.7. The normalized spacial score (nSPS) is 21.1. The first-order valence-electron chi connectivity index (χ1n) is 13.4. The molecule has 0 saturated carbocycles. The summed E-state index contributed by atoms with van der Waals surface area (Å²) in [6, 6.07) is 8.79. The Bertz CT molecular complexity index is 1260. The van der Waals surface area contributed by atoms with Gasteiger partial charge in [-0.15, -0.1) is 0 Å². The maximum atomic E-state index is 12.9. The molecule has 2 atom stereocenters. The molecule has 1 N–H and O–H groups in total. The fourth-order valence-electron chi connectivity index (χ4n) is 5.63. The van der Waals surface area contributed by atoms with Gasteiger partial charge in [0.1, 0.15) is 11.5 Å². The van der Waals surface area contributed by atoms with E-state index < -0.39 is 0 Å². The van der Waals surface area contributed by atoms with Gasteiger partial charge >= 0.3 is 0 Å². The van der Waals surface area contributed by atoms with E-state index >= 15 is 0 Å². The van der Waals surface area contributed by atoms with Crippen molar-refractivity contribution >= 4 is 29.3 Å². The van der Waals surface area contributed by atoms with E-state index in [2.05, 4.69) is 33.9 Å². The predicted molar refractivity (Wildman–Crippen MR) is 150 cm³/mol. The third kappa shape index (κ3) is 5.49. The molecule has 1 aromatic carbocycles. The van der Waals surface area contributed by atoms with Crippen molar-refractivity contribution in [1.82, 2.24) is 24.8 Å². The van der Waals surface area contributed by atoms with Crippen LogP contribution in [0.5, 0.6) is 0 Å². The summed E-state index contributed by atoms with van der Waals surface area (Å²) >= 11 is 5.98. The number of carbonyl (C=O) groups excluding carboxylic acids is 1. The molecule has 3 aromatic rings. The van der Waals surface area contributed by atoms with Crippen molar-refractivity contribution in [3.05, 3.63) is 52.9 Å². The average molecular weight is 538 g/mol. The SMILES string of the molecule is CCNc1ncc(-c2cnc(N3C[C@H](C)N(C4CCN(C(=O)c5ccc(Cl)cc5)CC4)C[C@H]3C)c(C)n2)o1. The maximum Gasteiger partial charge on any atom is 0.295 e. The van der Waals surface area contributed by atoms with Gasteiger partial charge in [-0.25, -0.2) is 15.0 Å². The molecule has 2 aromatic heterocycles. The lowest BCUT2D eigenvalue weighted by Crippen LogP contribution is -2.61. The molecular weight excluding hydrogens is 502 g/mol. The second-order valence-electron chi connectivity index (χ2n) is 10.3. The lowest BCUT2D eigenvalue weighted by atomic mass is 9.97. The third-order valence-electron chi connectivity index (χ3n) is 7.63. The van der Waals surface area contributed by atoms with E-state index in [1.54, 1.807) is 24.5 Å². The zero-order valence-corrected chi connectivity index (χ0v) is 23.3. The Morgan fingerprint density at radius 2 is 1.82 bits per heavy atom. The van der Waals surface area contributed by atoms with Crippen LogP contribution in [-0.4, -0.2) is 81.5 Å². The first-order chi connectivity index (χ1) is 18.3. The minimum atomic E-state index is 0.0898. The van der Waals surface area contributed by atoms with E-state index in [0.717, 1.165) is 57.1 Å². The Balaban J connectivity index is 1.20. The van der Waals surface area contributed by atoms with Gasteiger partial charge in [0.05, 0.1) is 18.1 Å². The molecule has 0 aliphatic carbocycles. The number of piperidine rings is 1. The molecule has 0 bridgehead atoms. The number of piperazine rings is 1. The molecule has 2 aliphatic heterocycles. The van der Waals surface area contributed by atoms with Crippen LogP contribution in [0.3, 0.4) is 0 Å². The quantitative estimate of drug-likeness (QED) is 0.482. The Labute approximate surface area is 229 Å². The summed E-state index contributed by atoms with van der Waals surface area (Å²) in [5.74, 6) is 1.62. The second kappa shape index (κ2) is 11.3. The van der Waals surface area contributed by atoms with Gasteiger partial charge in [-0.05, 0) is 64.8 Å². The molecule has 38 heavy (non-hydrogen) atoms. The van der Waals surface area contributed by atoms with E-state index in [-0.39, 0.29) is 5.91 Å². The first kappa shape index (κ1) is 26.4. The van der Waals surface area contributed by atoms with Gasteiger partial charge in [-0.3, -0.25) is 9.69 Å². The smallest absolute Gasteiger partial charge is 0.295 e. The second-order valence-corrected chi connectivity index (χ2v) is 10.7. The highest BCUT2D eigenvalue weighted by Crippen LogP contribution is 2.30. The molecule has 5 rings (SSSR count). The van der Waals surface area contributed by atoms with E-state index in [0.29, 0.717) is 46.2 Å². The monoisotopic (exact) mass is 537 g/mol. The van der Waals surface area contributed by atoms with Crippen LogP contribution in [-0.2, 0) is 0 Å². The standard InChI is InChI=1S/C28H36ClN7O2/c1-5-30-28-32-15-25(38-28)24-14-31-26(20(4)33-24)36-17-18(2)35(16-19(36)3)23-10-12-34(13-11-23)27(37)21-6-8-22(29)9-7-21/h6-9,14-15,18-19,23H,5,10-13,16-17H2,1-4H3,(H,30,32)/t18-,19+/m0/s1. The molecule has 1 amide bonds. The van der Waals surface area contributed by atoms with Crippen molar-refractivity contribution in [2.45, 2.75) is 58.7 Å². The summed E-state index contributed by atoms with van der Waals surface area (Å²) in [5.41, 5.74) is 2.26. The fraction of sp³-hybridized carbons (Fsp3) is 0.500. The first-order valence-corrected chi connectivity index (χ1v) is 13.8. The number of nitrogens with one attached hydrogen (secondary N) is 1. The van der Waals surface area contributed by atoms with Crippen LogP contribution in [0.2, 0.25) is 5.02 Å². The number of aryl methyl sites for hydroxylation is 1. The lowest BCUT2D eigenvalue weighted by Gasteiger charge is -2.49. The topological polar surface area (TPSA) is 90.6 Å². The number of rotatable bonds is 6. The molecule has 4 heterocycles. The van der Waals surface area contributed by atoms with Crippen LogP contribution in [0.1, 0.15) is 49.7 Å². The molecule has 0 spiro atoms. The van der Waals surface area contributed by atoms with Crippen LogP contribution < -0.4 is 10.2 Å². The van der Waals surface area contributed by atoms with Gasteiger partial charge in [0, 0.05) is 61.4 Å². The van der Waals surface area contributed by atoms with Crippen molar-refractivity contribution < 1.29 is 9.21 Å². The molecular formula is C28H36ClN7O2. The number of hydrogen-bond donors (Lipinski definition) is 1. The Kier molecular flexibility index (Phi) is 7.85. The summed E-state index contributed by atoms with van der Waals surface area (Å²) in [5, 5.41) is 3.72. The summed E-state index contributed by atoms with van der Waals surface area (Å²) in [4.78, 5) is 33.7. The highest BCUT2D eigenvalue weighted by Gasteiger charge is 2.36.